The molecule has 6 heteroatoms. The second-order valence-electron chi connectivity index (χ2n) is 6.50. The maximum atomic E-state index is 12.6. The van der Waals surface area contributed by atoms with E-state index in [1.807, 2.05) is 6.92 Å². The van der Waals surface area contributed by atoms with E-state index in [-0.39, 0.29) is 11.8 Å². The molecule has 0 spiro atoms. The fraction of sp³-hybridized carbons (Fsp3) is 0.611. The van der Waals surface area contributed by atoms with Crippen molar-refractivity contribution in [1.29, 1.82) is 0 Å². The molecule has 1 fully saturated rings. The molecule has 134 valence electrons. The lowest BCUT2D eigenvalue weighted by Gasteiger charge is -2.37. The van der Waals surface area contributed by atoms with Crippen LogP contribution < -0.4 is 20.5 Å². The maximum absolute atomic E-state index is 12.6. The van der Waals surface area contributed by atoms with Gasteiger partial charge in [-0.1, -0.05) is 12.8 Å². The Balaban J connectivity index is 2.08. The Hall–Kier alpha value is -1.79. The molecule has 1 aromatic carbocycles. The highest BCUT2D eigenvalue weighted by molar-refractivity contribution is 5.93. The molecule has 0 radical (unpaired) electrons. The molecule has 1 amide bonds. The third kappa shape index (κ3) is 4.61. The Morgan fingerprint density at radius 1 is 1.29 bits per heavy atom. The maximum Gasteiger partial charge on any atom is 0.229 e. The molecule has 0 aliphatic heterocycles. The van der Waals surface area contributed by atoms with Crippen LogP contribution in [0.4, 0.5) is 5.69 Å². The topological polar surface area (TPSA) is 82.8 Å². The second-order valence-corrected chi connectivity index (χ2v) is 6.50. The minimum Gasteiger partial charge on any atom is -0.493 e. The zero-order chi connectivity index (χ0) is 17.6. The third-order valence-corrected chi connectivity index (χ3v) is 4.55. The van der Waals surface area contributed by atoms with Crippen molar-refractivity contribution < 1.29 is 19.0 Å². The van der Waals surface area contributed by atoms with Crippen molar-refractivity contribution in [3.63, 3.8) is 0 Å². The summed E-state index contributed by atoms with van der Waals surface area (Å²) in [5.74, 6) is 0.982. The number of rotatable bonds is 7. The van der Waals surface area contributed by atoms with Gasteiger partial charge in [0.15, 0.2) is 11.5 Å². The van der Waals surface area contributed by atoms with E-state index < -0.39 is 5.54 Å². The quantitative estimate of drug-likeness (QED) is 0.748. The van der Waals surface area contributed by atoms with Crippen molar-refractivity contribution in [1.82, 2.24) is 0 Å². The number of hydrogen-bond donors (Lipinski definition) is 2. The van der Waals surface area contributed by atoms with Gasteiger partial charge in [-0.15, -0.1) is 0 Å². The summed E-state index contributed by atoms with van der Waals surface area (Å²) >= 11 is 0. The molecule has 2 rings (SSSR count). The van der Waals surface area contributed by atoms with Crippen molar-refractivity contribution in [3.8, 4) is 11.5 Å². The first-order valence-electron chi connectivity index (χ1n) is 8.37. The number of carbonyl (C=O) groups excluding carboxylic acids is 1. The predicted octanol–water partition coefficient (Wildman–Crippen LogP) is 2.57. The number of hydrogen-bond acceptors (Lipinski definition) is 5. The van der Waals surface area contributed by atoms with E-state index in [0.29, 0.717) is 30.4 Å². The largest absolute Gasteiger partial charge is 0.493 e. The van der Waals surface area contributed by atoms with Gasteiger partial charge in [-0.25, -0.2) is 0 Å². The van der Waals surface area contributed by atoms with Crippen LogP contribution in [0.5, 0.6) is 11.5 Å². The summed E-state index contributed by atoms with van der Waals surface area (Å²) < 4.78 is 15.9. The summed E-state index contributed by atoms with van der Waals surface area (Å²) in [5.41, 5.74) is 6.54. The average molecular weight is 336 g/mol. The van der Waals surface area contributed by atoms with E-state index >= 15 is 0 Å². The van der Waals surface area contributed by atoms with Gasteiger partial charge in [-0.3, -0.25) is 4.79 Å². The lowest BCUT2D eigenvalue weighted by Crippen LogP contribution is -2.51. The normalized spacial score (nSPS) is 23.6. The van der Waals surface area contributed by atoms with Gasteiger partial charge in [-0.05, 0) is 31.9 Å². The summed E-state index contributed by atoms with van der Waals surface area (Å²) in [4.78, 5) is 12.6. The summed E-state index contributed by atoms with van der Waals surface area (Å²) in [6.07, 6.45) is 3.82. The van der Waals surface area contributed by atoms with E-state index in [4.69, 9.17) is 19.9 Å². The van der Waals surface area contributed by atoms with Gasteiger partial charge in [0.25, 0.3) is 0 Å². The molecule has 0 aromatic heterocycles. The Morgan fingerprint density at radius 2 is 2.08 bits per heavy atom. The standard InChI is InChI=1S/C18H28N2O4/c1-18(19)9-5-4-6-14(18)17(21)20-13-7-8-15(23-3)16(12-13)24-11-10-22-2/h7-8,12,14H,4-6,9-11,19H2,1-3H3,(H,20,21). The number of benzene rings is 1. The molecule has 24 heavy (non-hydrogen) atoms. The van der Waals surface area contributed by atoms with Gasteiger partial charge in [0.05, 0.1) is 19.6 Å². The summed E-state index contributed by atoms with van der Waals surface area (Å²) in [6, 6.07) is 5.35. The number of methoxy groups -OCH3 is 2. The lowest BCUT2D eigenvalue weighted by molar-refractivity contribution is -0.122. The van der Waals surface area contributed by atoms with Crippen molar-refractivity contribution in [3.05, 3.63) is 18.2 Å². The Kier molecular flexibility index (Phi) is 6.45. The molecule has 1 aromatic rings. The van der Waals surface area contributed by atoms with Crippen LogP contribution in [0.1, 0.15) is 32.6 Å². The molecule has 1 aliphatic carbocycles. The van der Waals surface area contributed by atoms with Gasteiger partial charge >= 0.3 is 0 Å². The number of nitrogens with two attached hydrogens (primary N) is 1. The average Bonchev–Trinajstić information content (AvgIpc) is 2.55. The SMILES string of the molecule is COCCOc1cc(NC(=O)C2CCCCC2(C)N)ccc1OC. The Bertz CT molecular complexity index is 560. The van der Waals surface area contributed by atoms with Crippen molar-refractivity contribution >= 4 is 11.6 Å². The molecule has 3 N–H and O–H groups in total. The molecule has 2 unspecified atom stereocenters. The van der Waals surface area contributed by atoms with Gasteiger partial charge in [0, 0.05) is 24.4 Å². The third-order valence-electron chi connectivity index (χ3n) is 4.55. The monoisotopic (exact) mass is 336 g/mol. The van der Waals surface area contributed by atoms with E-state index in [0.717, 1.165) is 25.7 Å². The van der Waals surface area contributed by atoms with Crippen LogP contribution in [0.3, 0.4) is 0 Å². The number of nitrogens with one attached hydrogen (secondary N) is 1. The first kappa shape index (κ1) is 18.5. The van der Waals surface area contributed by atoms with Crippen LogP contribution in [-0.2, 0) is 9.53 Å². The molecular weight excluding hydrogens is 308 g/mol. The van der Waals surface area contributed by atoms with Crippen LogP contribution >= 0.6 is 0 Å². The van der Waals surface area contributed by atoms with Gasteiger partial charge in [0.1, 0.15) is 6.61 Å². The molecule has 0 heterocycles. The predicted molar refractivity (Wildman–Crippen MR) is 93.5 cm³/mol. The van der Waals surface area contributed by atoms with Gasteiger partial charge in [-0.2, -0.15) is 0 Å². The Labute approximate surface area is 143 Å². The molecule has 1 aliphatic rings. The minimum absolute atomic E-state index is 0.0345. The molecule has 2 atom stereocenters. The fourth-order valence-corrected chi connectivity index (χ4v) is 3.12. The molecule has 0 saturated heterocycles. The van der Waals surface area contributed by atoms with E-state index in [2.05, 4.69) is 5.32 Å². The first-order valence-corrected chi connectivity index (χ1v) is 8.37. The summed E-state index contributed by atoms with van der Waals surface area (Å²) in [7, 11) is 3.20. The van der Waals surface area contributed by atoms with Crippen molar-refractivity contribution in [2.24, 2.45) is 11.7 Å². The highest BCUT2D eigenvalue weighted by Gasteiger charge is 2.37. The van der Waals surface area contributed by atoms with Crippen LogP contribution in [0, 0.1) is 5.92 Å². The molecule has 1 saturated carbocycles. The Morgan fingerprint density at radius 3 is 2.75 bits per heavy atom. The number of anilines is 1. The smallest absolute Gasteiger partial charge is 0.229 e. The van der Waals surface area contributed by atoms with E-state index in [1.165, 1.54) is 0 Å². The molecule has 0 bridgehead atoms. The van der Waals surface area contributed by atoms with Crippen LogP contribution in [0.25, 0.3) is 0 Å². The zero-order valence-electron chi connectivity index (χ0n) is 14.8. The minimum atomic E-state index is -0.452. The van der Waals surface area contributed by atoms with Crippen molar-refractivity contribution in [2.75, 3.05) is 32.8 Å². The number of carbonyl (C=O) groups is 1. The fourth-order valence-electron chi connectivity index (χ4n) is 3.12. The second kappa shape index (κ2) is 8.35. The highest BCUT2D eigenvalue weighted by atomic mass is 16.5. The highest BCUT2D eigenvalue weighted by Crippen LogP contribution is 2.34. The van der Waals surface area contributed by atoms with Crippen LogP contribution in [0.2, 0.25) is 0 Å². The van der Waals surface area contributed by atoms with E-state index in [1.54, 1.807) is 32.4 Å². The number of amides is 1. The van der Waals surface area contributed by atoms with Crippen molar-refractivity contribution in [2.45, 2.75) is 38.1 Å². The lowest BCUT2D eigenvalue weighted by atomic mass is 9.74. The molecule has 6 nitrogen and oxygen atoms in total. The summed E-state index contributed by atoms with van der Waals surface area (Å²) in [5, 5.41) is 2.96. The summed E-state index contributed by atoms with van der Waals surface area (Å²) in [6.45, 7) is 2.85. The molecular formula is C18H28N2O4. The van der Waals surface area contributed by atoms with Crippen LogP contribution in [0.15, 0.2) is 18.2 Å². The first-order chi connectivity index (χ1) is 11.5. The number of ether oxygens (including phenoxy) is 3. The van der Waals surface area contributed by atoms with Gasteiger partial charge < -0.3 is 25.3 Å². The van der Waals surface area contributed by atoms with Gasteiger partial charge in [0.2, 0.25) is 5.91 Å². The zero-order valence-corrected chi connectivity index (χ0v) is 14.8. The van der Waals surface area contributed by atoms with Crippen LogP contribution in [-0.4, -0.2) is 38.9 Å². The van der Waals surface area contributed by atoms with E-state index in [9.17, 15) is 4.79 Å².